The van der Waals surface area contributed by atoms with Crippen molar-refractivity contribution in [1.29, 1.82) is 0 Å². The second-order valence-corrected chi connectivity index (χ2v) is 6.07. The molecule has 1 heterocycles. The van der Waals surface area contributed by atoms with Gasteiger partial charge in [0.05, 0.1) is 0 Å². The summed E-state index contributed by atoms with van der Waals surface area (Å²) in [5.41, 5.74) is -0.568. The molecule has 1 aliphatic rings. The number of hydrogen-bond acceptors (Lipinski definition) is 3. The van der Waals surface area contributed by atoms with Gasteiger partial charge in [-0.05, 0) is 27.2 Å². The number of carbonyl (C=O) groups excluding carboxylic acids is 2. The van der Waals surface area contributed by atoms with Crippen molar-refractivity contribution in [1.82, 2.24) is 15.1 Å². The highest BCUT2D eigenvalue weighted by atomic mass is 16.4. The molecule has 7 nitrogen and oxygen atoms in total. The fraction of sp³-hybridized carbons (Fsp3) is 0.769. The Balaban J connectivity index is 2.72. The standard InChI is InChI=1S/C13H23N3O4/c1-9(17)14-10-5-6-15(7-10)12(20)16(8-11(18)19)13(2,3)4/h10H,5-8H2,1-4H3,(H,14,17)(H,18,19). The van der Waals surface area contributed by atoms with Crippen molar-refractivity contribution in [2.45, 2.75) is 45.7 Å². The van der Waals surface area contributed by atoms with Crippen LogP contribution >= 0.6 is 0 Å². The molecule has 3 amide bonds. The van der Waals surface area contributed by atoms with E-state index in [1.54, 1.807) is 25.7 Å². The van der Waals surface area contributed by atoms with Crippen LogP contribution < -0.4 is 5.32 Å². The Morgan fingerprint density at radius 3 is 2.40 bits per heavy atom. The van der Waals surface area contributed by atoms with Gasteiger partial charge in [-0.1, -0.05) is 0 Å². The van der Waals surface area contributed by atoms with Crippen LogP contribution in [0.5, 0.6) is 0 Å². The molecule has 0 aromatic rings. The van der Waals surface area contributed by atoms with E-state index >= 15 is 0 Å². The molecule has 0 aromatic carbocycles. The zero-order chi connectivity index (χ0) is 15.5. The highest BCUT2D eigenvalue weighted by Crippen LogP contribution is 2.19. The average Bonchev–Trinajstić information content (AvgIpc) is 2.70. The molecule has 2 N–H and O–H groups in total. The van der Waals surface area contributed by atoms with Gasteiger partial charge in [-0.15, -0.1) is 0 Å². The SMILES string of the molecule is CC(=O)NC1CCN(C(=O)N(CC(=O)O)C(C)(C)C)C1. The largest absolute Gasteiger partial charge is 0.480 e. The maximum absolute atomic E-state index is 12.4. The first-order chi connectivity index (χ1) is 9.11. The summed E-state index contributed by atoms with van der Waals surface area (Å²) >= 11 is 0. The number of carboxylic acid groups (broad SMARTS) is 1. The number of carbonyl (C=O) groups is 3. The molecule has 1 fully saturated rings. The number of likely N-dealkylation sites (tertiary alicyclic amines) is 1. The molecule has 1 saturated heterocycles. The quantitative estimate of drug-likeness (QED) is 0.790. The van der Waals surface area contributed by atoms with Crippen LogP contribution in [0, 0.1) is 0 Å². The molecule has 20 heavy (non-hydrogen) atoms. The van der Waals surface area contributed by atoms with Crippen molar-refractivity contribution in [3.63, 3.8) is 0 Å². The van der Waals surface area contributed by atoms with Crippen LogP contribution in [0.4, 0.5) is 4.79 Å². The van der Waals surface area contributed by atoms with Gasteiger partial charge in [-0.3, -0.25) is 9.59 Å². The Labute approximate surface area is 118 Å². The van der Waals surface area contributed by atoms with Gasteiger partial charge in [0.2, 0.25) is 5.91 Å². The maximum Gasteiger partial charge on any atom is 0.323 e. The van der Waals surface area contributed by atoms with Crippen molar-refractivity contribution < 1.29 is 19.5 Å². The van der Waals surface area contributed by atoms with Gasteiger partial charge in [0.1, 0.15) is 6.54 Å². The van der Waals surface area contributed by atoms with Crippen LogP contribution in [0.3, 0.4) is 0 Å². The molecule has 0 bridgehead atoms. The summed E-state index contributed by atoms with van der Waals surface area (Å²) in [6.45, 7) is 7.46. The van der Waals surface area contributed by atoms with Crippen molar-refractivity contribution in [3.05, 3.63) is 0 Å². The molecule has 7 heteroatoms. The minimum atomic E-state index is -1.04. The maximum atomic E-state index is 12.4. The Morgan fingerprint density at radius 2 is 1.95 bits per heavy atom. The summed E-state index contributed by atoms with van der Waals surface area (Å²) in [7, 11) is 0. The van der Waals surface area contributed by atoms with E-state index in [2.05, 4.69) is 5.32 Å². The van der Waals surface area contributed by atoms with Gasteiger partial charge in [-0.25, -0.2) is 4.79 Å². The highest BCUT2D eigenvalue weighted by molar-refractivity contribution is 5.81. The molecule has 0 saturated carbocycles. The smallest absolute Gasteiger partial charge is 0.323 e. The normalized spacial score (nSPS) is 18.8. The van der Waals surface area contributed by atoms with Gasteiger partial charge < -0.3 is 20.2 Å². The summed E-state index contributed by atoms with van der Waals surface area (Å²) in [6, 6.07) is -0.351. The van der Waals surface area contributed by atoms with E-state index in [1.807, 2.05) is 0 Å². The second-order valence-electron chi connectivity index (χ2n) is 6.07. The first kappa shape index (κ1) is 16.3. The molecule has 1 atom stereocenters. The number of rotatable bonds is 3. The van der Waals surface area contributed by atoms with E-state index in [0.717, 1.165) is 0 Å². The van der Waals surface area contributed by atoms with Gasteiger partial charge in [-0.2, -0.15) is 0 Å². The summed E-state index contributed by atoms with van der Waals surface area (Å²) in [5, 5.41) is 11.7. The number of nitrogens with zero attached hydrogens (tertiary/aromatic N) is 2. The lowest BCUT2D eigenvalue weighted by molar-refractivity contribution is -0.138. The van der Waals surface area contributed by atoms with Gasteiger partial charge in [0.25, 0.3) is 0 Å². The average molecular weight is 285 g/mol. The Morgan fingerprint density at radius 1 is 1.35 bits per heavy atom. The summed E-state index contributed by atoms with van der Waals surface area (Å²) in [6.07, 6.45) is 0.691. The first-order valence-corrected chi connectivity index (χ1v) is 6.66. The fourth-order valence-electron chi connectivity index (χ4n) is 2.24. The number of amides is 3. The van der Waals surface area contributed by atoms with Gasteiger partial charge in [0.15, 0.2) is 0 Å². The molecule has 1 rings (SSSR count). The third kappa shape index (κ3) is 4.40. The van der Waals surface area contributed by atoms with Gasteiger partial charge >= 0.3 is 12.0 Å². The van der Waals surface area contributed by atoms with Crippen LogP contribution in [0.1, 0.15) is 34.1 Å². The second kappa shape index (κ2) is 6.11. The van der Waals surface area contributed by atoms with Crippen LogP contribution in [-0.2, 0) is 9.59 Å². The summed E-state index contributed by atoms with van der Waals surface area (Å²) < 4.78 is 0. The Hall–Kier alpha value is -1.79. The van der Waals surface area contributed by atoms with E-state index in [0.29, 0.717) is 19.5 Å². The summed E-state index contributed by atoms with van der Waals surface area (Å²) in [5.74, 6) is -1.16. The highest BCUT2D eigenvalue weighted by Gasteiger charge is 2.35. The molecular weight excluding hydrogens is 262 g/mol. The molecular formula is C13H23N3O4. The lowest BCUT2D eigenvalue weighted by atomic mass is 10.1. The number of hydrogen-bond donors (Lipinski definition) is 2. The van der Waals surface area contributed by atoms with E-state index in [4.69, 9.17) is 5.11 Å². The fourth-order valence-corrected chi connectivity index (χ4v) is 2.24. The van der Waals surface area contributed by atoms with E-state index in [-0.39, 0.29) is 24.5 Å². The van der Waals surface area contributed by atoms with Crippen LogP contribution in [0.2, 0.25) is 0 Å². The topological polar surface area (TPSA) is 90.0 Å². The Bertz CT molecular complexity index is 403. The monoisotopic (exact) mass is 285 g/mol. The number of aliphatic carboxylic acids is 1. The zero-order valence-electron chi connectivity index (χ0n) is 12.5. The lowest BCUT2D eigenvalue weighted by Gasteiger charge is -2.37. The van der Waals surface area contributed by atoms with Crippen LogP contribution in [-0.4, -0.2) is 64.0 Å². The third-order valence-electron chi connectivity index (χ3n) is 3.20. The van der Waals surface area contributed by atoms with E-state index in [9.17, 15) is 14.4 Å². The zero-order valence-corrected chi connectivity index (χ0v) is 12.5. The Kier molecular flexibility index (Phi) is 4.97. The molecule has 0 aliphatic carbocycles. The van der Waals surface area contributed by atoms with Crippen molar-refractivity contribution in [3.8, 4) is 0 Å². The van der Waals surface area contributed by atoms with Crippen molar-refractivity contribution >= 4 is 17.9 Å². The minimum absolute atomic E-state index is 0.0527. The first-order valence-electron chi connectivity index (χ1n) is 6.66. The number of nitrogens with one attached hydrogen (secondary N) is 1. The number of carboxylic acids is 1. The third-order valence-corrected chi connectivity index (χ3v) is 3.20. The van der Waals surface area contributed by atoms with Gasteiger partial charge in [0, 0.05) is 31.6 Å². The molecule has 114 valence electrons. The predicted molar refractivity (Wildman–Crippen MR) is 73.3 cm³/mol. The predicted octanol–water partition coefficient (Wildman–Crippen LogP) is 0.502. The molecule has 1 unspecified atom stereocenters. The molecule has 0 radical (unpaired) electrons. The number of urea groups is 1. The van der Waals surface area contributed by atoms with E-state index in [1.165, 1.54) is 11.8 Å². The van der Waals surface area contributed by atoms with E-state index < -0.39 is 11.5 Å². The van der Waals surface area contributed by atoms with Crippen LogP contribution in [0.15, 0.2) is 0 Å². The van der Waals surface area contributed by atoms with Crippen molar-refractivity contribution in [2.24, 2.45) is 0 Å². The minimum Gasteiger partial charge on any atom is -0.480 e. The van der Waals surface area contributed by atoms with Crippen LogP contribution in [0.25, 0.3) is 0 Å². The molecule has 1 aliphatic heterocycles. The lowest BCUT2D eigenvalue weighted by Crippen LogP contribution is -2.53. The summed E-state index contributed by atoms with van der Waals surface area (Å²) in [4.78, 5) is 37.3. The molecule has 0 spiro atoms. The molecule has 0 aromatic heterocycles. The van der Waals surface area contributed by atoms with Crippen molar-refractivity contribution in [2.75, 3.05) is 19.6 Å².